The number of halogens is 2. The maximum absolute atomic E-state index is 13.2. The molecule has 0 aliphatic rings. The summed E-state index contributed by atoms with van der Waals surface area (Å²) in [6, 6.07) is 21.7. The van der Waals surface area contributed by atoms with Gasteiger partial charge in [-0.1, -0.05) is 71.9 Å². The molecule has 1 heterocycles. The number of nitrogens with zero attached hydrogens (tertiary/aromatic N) is 3. The number of amides is 1. The van der Waals surface area contributed by atoms with Gasteiger partial charge >= 0.3 is 11.9 Å². The number of aliphatic carboxylic acids is 2. The van der Waals surface area contributed by atoms with Gasteiger partial charge in [0, 0.05) is 49.2 Å². The van der Waals surface area contributed by atoms with Crippen LogP contribution in [0.4, 0.5) is 4.39 Å². The van der Waals surface area contributed by atoms with E-state index in [1.165, 1.54) is 23.9 Å². The van der Waals surface area contributed by atoms with Gasteiger partial charge in [0.05, 0.1) is 0 Å². The predicted octanol–water partition coefficient (Wildman–Crippen LogP) is 3.07. The van der Waals surface area contributed by atoms with Gasteiger partial charge in [-0.05, 0) is 46.5 Å². The first-order valence-electron chi connectivity index (χ1n) is 14.3. The third kappa shape index (κ3) is 11.3. The Morgan fingerprint density at radius 3 is 1.94 bits per heavy atom. The Labute approximate surface area is 283 Å². The van der Waals surface area contributed by atoms with Gasteiger partial charge in [-0.25, -0.2) is 14.0 Å². The van der Waals surface area contributed by atoms with Crippen molar-refractivity contribution in [2.24, 2.45) is 0 Å². The van der Waals surface area contributed by atoms with Gasteiger partial charge in [0.2, 0.25) is 5.91 Å². The predicted molar refractivity (Wildman–Crippen MR) is 176 cm³/mol. The van der Waals surface area contributed by atoms with E-state index < -0.39 is 29.7 Å². The van der Waals surface area contributed by atoms with Crippen LogP contribution in [0.1, 0.15) is 16.7 Å². The van der Waals surface area contributed by atoms with Crippen LogP contribution in [0.5, 0.6) is 0 Å². The average Bonchev–Trinajstić information content (AvgIpc) is 3.06. The molecular formula is C33H33ClFN3O9S. The number of aliphatic hydroxyl groups excluding tert-OH is 3. The minimum Gasteiger partial charge on any atom is -0.479 e. The Morgan fingerprint density at radius 2 is 1.42 bits per heavy atom. The summed E-state index contributed by atoms with van der Waals surface area (Å²) in [5.74, 6) is -3.56. The van der Waals surface area contributed by atoms with E-state index in [0.29, 0.717) is 28.0 Å². The van der Waals surface area contributed by atoms with Crippen LogP contribution in [-0.2, 0) is 39.6 Å². The van der Waals surface area contributed by atoms with E-state index in [2.05, 4.69) is 4.98 Å². The zero-order valence-electron chi connectivity index (χ0n) is 25.6. The van der Waals surface area contributed by atoms with Crippen LogP contribution >= 0.6 is 23.4 Å². The monoisotopic (exact) mass is 701 g/mol. The molecule has 0 fully saturated rings. The van der Waals surface area contributed by atoms with Crippen molar-refractivity contribution in [1.29, 1.82) is 0 Å². The standard InChI is InChI=1S/C29H27ClFN3O3S.C4H6O6/c1-33(16-20-2-6-22(7-3-20)23-8-10-25(30)11-9-23)27(36)18-34-17-24(14-15-35)28(37)32-29(34)38-19-21-4-12-26(31)13-5-21;5-1(3(7)8)2(6)4(9)10/h2-13,17,35H,14-16,18-19H2,1H3;1-2,5-6H,(H,7,8)(H,9,10). The van der Waals surface area contributed by atoms with Crippen molar-refractivity contribution in [2.75, 3.05) is 13.7 Å². The summed E-state index contributed by atoms with van der Waals surface area (Å²) in [6.45, 7) is 0.199. The number of carbonyl (C=O) groups is 3. The highest BCUT2D eigenvalue weighted by Gasteiger charge is 2.29. The number of hydrogen-bond acceptors (Lipinski definition) is 9. The van der Waals surface area contributed by atoms with Gasteiger partial charge in [-0.15, -0.1) is 0 Å². The summed E-state index contributed by atoms with van der Waals surface area (Å²) >= 11 is 7.27. The Hall–Kier alpha value is -4.60. The Kier molecular flexibility index (Phi) is 14.3. The molecule has 3 aromatic carbocycles. The molecule has 0 spiro atoms. The van der Waals surface area contributed by atoms with E-state index in [-0.39, 0.29) is 31.3 Å². The number of likely N-dealkylation sites (N-methyl/N-ethyl adjacent to an activating group) is 1. The fraction of sp³-hybridized carbons (Fsp3) is 0.242. The highest BCUT2D eigenvalue weighted by atomic mass is 35.5. The van der Waals surface area contributed by atoms with E-state index in [1.807, 2.05) is 48.5 Å². The van der Waals surface area contributed by atoms with E-state index in [4.69, 9.17) is 32.0 Å². The molecule has 2 unspecified atom stereocenters. The minimum atomic E-state index is -2.27. The first-order chi connectivity index (χ1) is 22.8. The molecule has 12 nitrogen and oxygen atoms in total. The number of aromatic nitrogens is 2. The quantitative estimate of drug-likeness (QED) is 0.102. The fourth-order valence-corrected chi connectivity index (χ4v) is 5.16. The maximum atomic E-state index is 13.2. The first kappa shape index (κ1) is 37.9. The van der Waals surface area contributed by atoms with Gasteiger partial charge in [0.25, 0.3) is 5.56 Å². The van der Waals surface area contributed by atoms with Crippen LogP contribution in [0.25, 0.3) is 11.1 Å². The molecule has 15 heteroatoms. The highest BCUT2D eigenvalue weighted by molar-refractivity contribution is 7.98. The molecule has 0 saturated heterocycles. The van der Waals surface area contributed by atoms with Gasteiger partial charge in [-0.3, -0.25) is 9.59 Å². The number of benzene rings is 3. The molecule has 0 bridgehead atoms. The number of hydrogen-bond donors (Lipinski definition) is 5. The molecule has 4 rings (SSSR count). The lowest BCUT2D eigenvalue weighted by molar-refractivity contribution is -0.165. The molecule has 0 aliphatic heterocycles. The molecule has 5 N–H and O–H groups in total. The molecule has 0 saturated carbocycles. The lowest BCUT2D eigenvalue weighted by Crippen LogP contribution is -2.39. The Balaban J connectivity index is 0.000000542. The van der Waals surface area contributed by atoms with Crippen molar-refractivity contribution < 1.29 is 44.3 Å². The molecular weight excluding hydrogens is 669 g/mol. The molecule has 48 heavy (non-hydrogen) atoms. The SMILES string of the molecule is CN(Cc1ccc(-c2ccc(Cl)cc2)cc1)C(=O)Cn1cc(CCO)c(=O)nc1SCc1ccc(F)cc1.O=C(O)C(O)C(O)C(=O)O. The van der Waals surface area contributed by atoms with Crippen molar-refractivity contribution in [3.63, 3.8) is 0 Å². The second-order valence-electron chi connectivity index (χ2n) is 10.4. The maximum Gasteiger partial charge on any atom is 0.335 e. The largest absolute Gasteiger partial charge is 0.479 e. The van der Waals surface area contributed by atoms with Crippen LogP contribution in [-0.4, -0.2) is 83.7 Å². The van der Waals surface area contributed by atoms with Crippen molar-refractivity contribution in [3.05, 3.63) is 117 Å². The number of carboxylic acid groups (broad SMARTS) is 2. The molecule has 254 valence electrons. The lowest BCUT2D eigenvalue weighted by Gasteiger charge is -2.20. The van der Waals surface area contributed by atoms with E-state index in [1.54, 1.807) is 34.8 Å². The Morgan fingerprint density at radius 1 is 0.896 bits per heavy atom. The van der Waals surface area contributed by atoms with Crippen molar-refractivity contribution in [3.8, 4) is 11.1 Å². The molecule has 0 radical (unpaired) electrons. The molecule has 2 atom stereocenters. The number of carboxylic acids is 2. The summed E-state index contributed by atoms with van der Waals surface area (Å²) in [6.07, 6.45) is -2.79. The van der Waals surface area contributed by atoms with Gasteiger partial charge < -0.3 is 35.0 Å². The zero-order valence-corrected chi connectivity index (χ0v) is 27.1. The molecule has 1 amide bonds. The summed E-state index contributed by atoms with van der Waals surface area (Å²) in [4.78, 5) is 50.9. The van der Waals surface area contributed by atoms with Gasteiger partial charge in [-0.2, -0.15) is 4.98 Å². The summed E-state index contributed by atoms with van der Waals surface area (Å²) in [7, 11) is 1.73. The number of thioether (sulfide) groups is 1. The fourth-order valence-electron chi connectivity index (χ4n) is 4.11. The smallest absolute Gasteiger partial charge is 0.335 e. The molecule has 1 aromatic heterocycles. The number of aliphatic hydroxyl groups is 3. The van der Waals surface area contributed by atoms with E-state index >= 15 is 0 Å². The zero-order chi connectivity index (χ0) is 35.4. The summed E-state index contributed by atoms with van der Waals surface area (Å²) in [5, 5.41) is 42.9. The van der Waals surface area contributed by atoms with Crippen LogP contribution in [0.15, 0.2) is 88.9 Å². The van der Waals surface area contributed by atoms with Crippen molar-refractivity contribution in [1.82, 2.24) is 14.5 Å². The molecule has 0 aliphatic carbocycles. The minimum absolute atomic E-state index is 0.0170. The van der Waals surface area contributed by atoms with Crippen LogP contribution < -0.4 is 5.56 Å². The number of rotatable bonds is 13. The summed E-state index contributed by atoms with van der Waals surface area (Å²) in [5.41, 5.74) is 3.86. The van der Waals surface area contributed by atoms with Crippen LogP contribution in [0, 0.1) is 5.82 Å². The first-order valence-corrected chi connectivity index (χ1v) is 15.6. The van der Waals surface area contributed by atoms with Crippen LogP contribution in [0.3, 0.4) is 0 Å². The average molecular weight is 702 g/mol. The third-order valence-electron chi connectivity index (χ3n) is 6.78. The van der Waals surface area contributed by atoms with Gasteiger partial charge in [0.1, 0.15) is 12.4 Å². The van der Waals surface area contributed by atoms with E-state index in [9.17, 15) is 28.7 Å². The van der Waals surface area contributed by atoms with E-state index in [0.717, 1.165) is 22.3 Å². The highest BCUT2D eigenvalue weighted by Crippen LogP contribution is 2.23. The van der Waals surface area contributed by atoms with Crippen LogP contribution in [0.2, 0.25) is 5.02 Å². The topological polar surface area (TPSA) is 190 Å². The van der Waals surface area contributed by atoms with Crippen molar-refractivity contribution >= 4 is 41.2 Å². The Bertz CT molecular complexity index is 1740. The molecule has 4 aromatic rings. The second kappa shape index (κ2) is 18.1. The van der Waals surface area contributed by atoms with Gasteiger partial charge in [0.15, 0.2) is 17.4 Å². The number of carbonyl (C=O) groups excluding carboxylic acids is 1. The second-order valence-corrected chi connectivity index (χ2v) is 11.8. The van der Waals surface area contributed by atoms with Crippen molar-refractivity contribution in [2.45, 2.75) is 42.6 Å². The lowest BCUT2D eigenvalue weighted by atomic mass is 10.0. The third-order valence-corrected chi connectivity index (χ3v) is 8.09. The normalized spacial score (nSPS) is 12.0. The summed E-state index contributed by atoms with van der Waals surface area (Å²) < 4.78 is 14.9.